The highest BCUT2D eigenvalue weighted by molar-refractivity contribution is 5.65. The van der Waals surface area contributed by atoms with Crippen LogP contribution in [0.25, 0.3) is 0 Å². The van der Waals surface area contributed by atoms with Gasteiger partial charge in [-0.3, -0.25) is 4.79 Å². The molecule has 2 heteroatoms. The van der Waals surface area contributed by atoms with Crippen molar-refractivity contribution in [2.45, 2.75) is 52.4 Å². The number of carbonyl (C=O) groups is 1. The number of allylic oxidation sites excluding steroid dienone is 1. The van der Waals surface area contributed by atoms with Gasteiger partial charge in [-0.05, 0) is 19.3 Å². The number of ether oxygens (including phenoxy) is 1. The third-order valence-corrected chi connectivity index (χ3v) is 2.03. The summed E-state index contributed by atoms with van der Waals surface area (Å²) < 4.78 is 4.81. The molecule has 0 amide bonds. The van der Waals surface area contributed by atoms with Crippen LogP contribution in [0.15, 0.2) is 12.2 Å². The summed E-state index contributed by atoms with van der Waals surface area (Å²) in [7, 11) is 0. The SMILES string of the molecule is CCC#CCC#CCCC/C=C/CCOC(C)=O. The van der Waals surface area contributed by atoms with Crippen molar-refractivity contribution in [2.24, 2.45) is 0 Å². The Labute approximate surface area is 111 Å². The molecular formula is C16H22O2. The van der Waals surface area contributed by atoms with Gasteiger partial charge in [-0.2, -0.15) is 0 Å². The molecule has 0 saturated carbocycles. The quantitative estimate of drug-likeness (QED) is 0.310. The second kappa shape index (κ2) is 13.4. The van der Waals surface area contributed by atoms with Gasteiger partial charge in [0.2, 0.25) is 0 Å². The second-order valence-corrected chi connectivity index (χ2v) is 3.73. The average Bonchev–Trinajstić information content (AvgIpc) is 2.34. The predicted molar refractivity (Wildman–Crippen MR) is 74.7 cm³/mol. The number of unbranched alkanes of at least 4 members (excludes halogenated alkanes) is 2. The fourth-order valence-corrected chi connectivity index (χ4v) is 1.20. The van der Waals surface area contributed by atoms with Gasteiger partial charge in [0.25, 0.3) is 0 Å². The van der Waals surface area contributed by atoms with Crippen LogP contribution in [-0.2, 0) is 9.53 Å². The van der Waals surface area contributed by atoms with E-state index in [1.165, 1.54) is 6.92 Å². The summed E-state index contributed by atoms with van der Waals surface area (Å²) in [6, 6.07) is 0. The molecule has 0 bridgehead atoms. The highest BCUT2D eigenvalue weighted by atomic mass is 16.5. The summed E-state index contributed by atoms with van der Waals surface area (Å²) in [4.78, 5) is 10.5. The second-order valence-electron chi connectivity index (χ2n) is 3.73. The zero-order valence-electron chi connectivity index (χ0n) is 11.4. The zero-order chi connectivity index (χ0) is 13.5. The molecule has 0 aliphatic carbocycles. The lowest BCUT2D eigenvalue weighted by Gasteiger charge is -1.96. The minimum absolute atomic E-state index is 0.218. The van der Waals surface area contributed by atoms with Crippen LogP contribution >= 0.6 is 0 Å². The van der Waals surface area contributed by atoms with Crippen molar-refractivity contribution in [1.29, 1.82) is 0 Å². The van der Waals surface area contributed by atoms with Crippen molar-refractivity contribution in [3.05, 3.63) is 12.2 Å². The van der Waals surface area contributed by atoms with Gasteiger partial charge in [-0.25, -0.2) is 0 Å². The first-order chi connectivity index (χ1) is 8.77. The van der Waals surface area contributed by atoms with Gasteiger partial charge in [-0.15, -0.1) is 11.8 Å². The Morgan fingerprint density at radius 1 is 1.11 bits per heavy atom. The molecule has 0 N–H and O–H groups in total. The van der Waals surface area contributed by atoms with Crippen LogP contribution in [0.5, 0.6) is 0 Å². The molecule has 0 rings (SSSR count). The molecule has 0 radical (unpaired) electrons. The van der Waals surface area contributed by atoms with Gasteiger partial charge in [-0.1, -0.05) is 30.9 Å². The van der Waals surface area contributed by atoms with Crippen molar-refractivity contribution in [3.8, 4) is 23.7 Å². The summed E-state index contributed by atoms with van der Waals surface area (Å²) in [5, 5.41) is 0. The van der Waals surface area contributed by atoms with E-state index in [0.717, 1.165) is 32.1 Å². The molecule has 2 nitrogen and oxygen atoms in total. The summed E-state index contributed by atoms with van der Waals surface area (Å²) in [6.45, 7) is 3.93. The Hall–Kier alpha value is -1.67. The van der Waals surface area contributed by atoms with E-state index in [0.29, 0.717) is 13.0 Å². The van der Waals surface area contributed by atoms with E-state index in [2.05, 4.69) is 29.8 Å². The molecular weight excluding hydrogens is 224 g/mol. The molecule has 0 fully saturated rings. The predicted octanol–water partition coefficient (Wildman–Crippen LogP) is 3.47. The van der Waals surface area contributed by atoms with E-state index < -0.39 is 0 Å². The molecule has 98 valence electrons. The van der Waals surface area contributed by atoms with Crippen LogP contribution in [0.2, 0.25) is 0 Å². The molecule has 0 aromatic rings. The maximum Gasteiger partial charge on any atom is 0.302 e. The first kappa shape index (κ1) is 16.3. The van der Waals surface area contributed by atoms with E-state index in [1.54, 1.807) is 0 Å². The number of carbonyl (C=O) groups excluding carboxylic acids is 1. The Morgan fingerprint density at radius 3 is 2.56 bits per heavy atom. The molecule has 0 unspecified atom stereocenters. The van der Waals surface area contributed by atoms with E-state index >= 15 is 0 Å². The molecule has 0 atom stereocenters. The monoisotopic (exact) mass is 246 g/mol. The van der Waals surface area contributed by atoms with Gasteiger partial charge in [0, 0.05) is 19.8 Å². The molecule has 18 heavy (non-hydrogen) atoms. The third-order valence-electron chi connectivity index (χ3n) is 2.03. The van der Waals surface area contributed by atoms with Crippen LogP contribution in [0.3, 0.4) is 0 Å². The number of hydrogen-bond acceptors (Lipinski definition) is 2. The van der Waals surface area contributed by atoms with Crippen LogP contribution in [0.4, 0.5) is 0 Å². The minimum atomic E-state index is -0.218. The lowest BCUT2D eigenvalue weighted by Crippen LogP contribution is -1.98. The summed E-state index contributed by atoms with van der Waals surface area (Å²) in [5.41, 5.74) is 0. The Kier molecular flexibility index (Phi) is 12.2. The van der Waals surface area contributed by atoms with Crippen molar-refractivity contribution in [1.82, 2.24) is 0 Å². The van der Waals surface area contributed by atoms with Crippen LogP contribution in [0, 0.1) is 23.7 Å². The molecule has 0 aliphatic rings. The minimum Gasteiger partial charge on any atom is -0.466 e. The first-order valence-electron chi connectivity index (χ1n) is 6.47. The highest BCUT2D eigenvalue weighted by Gasteiger charge is 1.88. The van der Waals surface area contributed by atoms with Crippen molar-refractivity contribution >= 4 is 5.97 Å². The lowest BCUT2D eigenvalue weighted by atomic mass is 10.2. The molecule has 0 spiro atoms. The van der Waals surface area contributed by atoms with Crippen molar-refractivity contribution in [2.75, 3.05) is 6.61 Å². The molecule has 0 saturated heterocycles. The van der Waals surface area contributed by atoms with Crippen molar-refractivity contribution < 1.29 is 9.53 Å². The number of rotatable bonds is 6. The van der Waals surface area contributed by atoms with Gasteiger partial charge < -0.3 is 4.74 Å². The smallest absolute Gasteiger partial charge is 0.302 e. The first-order valence-corrected chi connectivity index (χ1v) is 6.47. The highest BCUT2D eigenvalue weighted by Crippen LogP contribution is 1.97. The van der Waals surface area contributed by atoms with Crippen LogP contribution in [-0.4, -0.2) is 12.6 Å². The summed E-state index contributed by atoms with van der Waals surface area (Å²) in [6.07, 6.45) is 9.55. The third kappa shape index (κ3) is 14.3. The van der Waals surface area contributed by atoms with Gasteiger partial charge >= 0.3 is 5.97 Å². The topological polar surface area (TPSA) is 26.3 Å². The van der Waals surface area contributed by atoms with Crippen LogP contribution < -0.4 is 0 Å². The average molecular weight is 246 g/mol. The fourth-order valence-electron chi connectivity index (χ4n) is 1.20. The molecule has 0 aromatic heterocycles. The summed E-state index contributed by atoms with van der Waals surface area (Å²) in [5.74, 6) is 11.9. The maximum absolute atomic E-state index is 10.5. The zero-order valence-corrected chi connectivity index (χ0v) is 11.4. The Balaban J connectivity index is 3.34. The van der Waals surface area contributed by atoms with Crippen molar-refractivity contribution in [3.63, 3.8) is 0 Å². The normalized spacial score (nSPS) is 9.22. The molecule has 0 heterocycles. The van der Waals surface area contributed by atoms with Gasteiger partial charge in [0.05, 0.1) is 13.0 Å². The van der Waals surface area contributed by atoms with E-state index in [-0.39, 0.29) is 5.97 Å². The summed E-state index contributed by atoms with van der Waals surface area (Å²) >= 11 is 0. The molecule has 0 aliphatic heterocycles. The van der Waals surface area contributed by atoms with Crippen LogP contribution in [0.1, 0.15) is 52.4 Å². The lowest BCUT2D eigenvalue weighted by molar-refractivity contribution is -0.140. The number of esters is 1. The van der Waals surface area contributed by atoms with E-state index in [9.17, 15) is 4.79 Å². The molecule has 0 aromatic carbocycles. The number of hydrogen-bond donors (Lipinski definition) is 0. The Morgan fingerprint density at radius 2 is 1.83 bits per heavy atom. The van der Waals surface area contributed by atoms with E-state index in [4.69, 9.17) is 4.74 Å². The van der Waals surface area contributed by atoms with Gasteiger partial charge in [0.1, 0.15) is 0 Å². The Bertz CT molecular complexity index is 358. The maximum atomic E-state index is 10.5. The van der Waals surface area contributed by atoms with Gasteiger partial charge in [0.15, 0.2) is 0 Å². The largest absolute Gasteiger partial charge is 0.466 e. The standard InChI is InChI=1S/C16H22O2/c1-3-4-5-6-7-8-9-10-11-12-13-14-15-18-16(2)17/h12-13H,3,6,9-11,14-15H2,1-2H3/b13-12+. The van der Waals surface area contributed by atoms with E-state index in [1.807, 2.05) is 13.0 Å². The fraction of sp³-hybridized carbons (Fsp3) is 0.562.